The van der Waals surface area contributed by atoms with Crippen LogP contribution in [0.15, 0.2) is 47.4 Å². The minimum Gasteiger partial charge on any atom is -0.289 e. The third-order valence-corrected chi connectivity index (χ3v) is 4.15. The van der Waals surface area contributed by atoms with Crippen LogP contribution in [0.2, 0.25) is 10.0 Å². The van der Waals surface area contributed by atoms with E-state index in [0.717, 1.165) is 4.68 Å². The molecule has 0 bridgehead atoms. The van der Waals surface area contributed by atoms with Gasteiger partial charge in [-0.25, -0.2) is 9.07 Å². The Morgan fingerprint density at radius 2 is 1.96 bits per heavy atom. The number of aromatic amines is 1. The molecule has 2 aromatic carbocycles. The molecule has 7 heteroatoms. The summed E-state index contributed by atoms with van der Waals surface area (Å²) < 4.78 is 15.1. The molecular formula is C16H8Cl2FN3O. The molecule has 0 amide bonds. The van der Waals surface area contributed by atoms with Gasteiger partial charge in [0.15, 0.2) is 0 Å². The van der Waals surface area contributed by atoms with E-state index in [-0.39, 0.29) is 5.69 Å². The molecule has 0 radical (unpaired) electrons. The average molecular weight is 348 g/mol. The summed E-state index contributed by atoms with van der Waals surface area (Å²) in [5.41, 5.74) is 0.777. The van der Waals surface area contributed by atoms with E-state index in [1.807, 2.05) is 0 Å². The van der Waals surface area contributed by atoms with Crippen molar-refractivity contribution in [1.82, 2.24) is 14.8 Å². The predicted molar refractivity (Wildman–Crippen MR) is 89.2 cm³/mol. The summed E-state index contributed by atoms with van der Waals surface area (Å²) in [5, 5.41) is 4.63. The Balaban J connectivity index is 2.15. The number of benzene rings is 2. The fourth-order valence-corrected chi connectivity index (χ4v) is 3.18. The maximum atomic E-state index is 14.0. The fraction of sp³-hybridized carbons (Fsp3) is 0. The molecule has 4 aromatic rings. The number of hydrogen-bond acceptors (Lipinski definition) is 2. The first-order chi connectivity index (χ1) is 11.1. The minimum atomic E-state index is -0.507. The number of rotatable bonds is 1. The van der Waals surface area contributed by atoms with Crippen molar-refractivity contribution in [3.8, 4) is 5.69 Å². The first-order valence-corrected chi connectivity index (χ1v) is 7.45. The number of hydrogen-bond donors (Lipinski definition) is 1. The van der Waals surface area contributed by atoms with Gasteiger partial charge in [0.1, 0.15) is 11.5 Å². The SMILES string of the molecule is O=c1c2cnc3cc(Cl)cc(Cl)c3c2[nH]n1-c1ccccc1F. The van der Waals surface area contributed by atoms with Gasteiger partial charge in [-0.2, -0.15) is 0 Å². The predicted octanol–water partition coefficient (Wildman–Crippen LogP) is 4.31. The highest BCUT2D eigenvalue weighted by Crippen LogP contribution is 2.31. The Labute approximate surface area is 139 Å². The Bertz CT molecular complexity index is 1130. The van der Waals surface area contributed by atoms with Gasteiger partial charge in [-0.3, -0.25) is 14.9 Å². The smallest absolute Gasteiger partial charge is 0.280 e. The Hall–Kier alpha value is -2.37. The molecule has 23 heavy (non-hydrogen) atoms. The molecular weight excluding hydrogens is 340 g/mol. The van der Waals surface area contributed by atoms with Crippen molar-refractivity contribution in [3.63, 3.8) is 0 Å². The number of pyridine rings is 1. The van der Waals surface area contributed by atoms with Crippen LogP contribution in [0.3, 0.4) is 0 Å². The highest BCUT2D eigenvalue weighted by atomic mass is 35.5. The second-order valence-corrected chi connectivity index (χ2v) is 5.88. The third-order valence-electron chi connectivity index (χ3n) is 3.64. The number of para-hydroxylation sites is 1. The van der Waals surface area contributed by atoms with Gasteiger partial charge in [-0.1, -0.05) is 35.3 Å². The number of H-pyrrole nitrogens is 1. The molecule has 0 aliphatic carbocycles. The molecule has 0 aliphatic rings. The normalized spacial score (nSPS) is 11.4. The van der Waals surface area contributed by atoms with Crippen LogP contribution in [-0.4, -0.2) is 14.8 Å². The van der Waals surface area contributed by atoms with Crippen LogP contribution in [-0.2, 0) is 0 Å². The van der Waals surface area contributed by atoms with Gasteiger partial charge >= 0.3 is 0 Å². The lowest BCUT2D eigenvalue weighted by Gasteiger charge is -2.03. The lowest BCUT2D eigenvalue weighted by molar-refractivity contribution is 0.609. The average Bonchev–Trinajstić information content (AvgIpc) is 2.84. The largest absolute Gasteiger partial charge is 0.289 e. The summed E-state index contributed by atoms with van der Waals surface area (Å²) in [6.45, 7) is 0. The molecule has 0 aliphatic heterocycles. The lowest BCUT2D eigenvalue weighted by atomic mass is 10.2. The van der Waals surface area contributed by atoms with E-state index >= 15 is 0 Å². The van der Waals surface area contributed by atoms with Crippen molar-refractivity contribution in [2.24, 2.45) is 0 Å². The van der Waals surface area contributed by atoms with E-state index in [2.05, 4.69) is 10.1 Å². The number of aromatic nitrogens is 3. The van der Waals surface area contributed by atoms with Crippen LogP contribution in [0.4, 0.5) is 4.39 Å². The molecule has 1 N–H and O–H groups in total. The second kappa shape index (κ2) is 5.08. The van der Waals surface area contributed by atoms with Gasteiger partial charge < -0.3 is 0 Å². The number of halogens is 3. The third kappa shape index (κ3) is 2.12. The molecule has 0 atom stereocenters. The summed E-state index contributed by atoms with van der Waals surface area (Å²) >= 11 is 12.2. The van der Waals surface area contributed by atoms with E-state index in [0.29, 0.717) is 31.9 Å². The molecule has 4 nitrogen and oxygen atoms in total. The van der Waals surface area contributed by atoms with Crippen molar-refractivity contribution in [2.75, 3.05) is 0 Å². The van der Waals surface area contributed by atoms with E-state index in [1.165, 1.54) is 18.3 Å². The van der Waals surface area contributed by atoms with Crippen LogP contribution in [0.25, 0.3) is 27.5 Å². The van der Waals surface area contributed by atoms with Gasteiger partial charge in [0, 0.05) is 16.6 Å². The Morgan fingerprint density at radius 1 is 1.17 bits per heavy atom. The van der Waals surface area contributed by atoms with E-state index in [1.54, 1.807) is 24.3 Å². The van der Waals surface area contributed by atoms with Crippen molar-refractivity contribution < 1.29 is 4.39 Å². The topological polar surface area (TPSA) is 50.7 Å². The van der Waals surface area contributed by atoms with Gasteiger partial charge in [0.2, 0.25) is 0 Å². The highest BCUT2D eigenvalue weighted by molar-refractivity contribution is 6.40. The standard InChI is InChI=1S/C16H8Cl2FN3O/c17-8-5-10(18)14-12(6-8)20-7-9-15(14)21-22(16(9)23)13-4-2-1-3-11(13)19/h1-7,21H. The van der Waals surface area contributed by atoms with Gasteiger partial charge in [-0.05, 0) is 24.3 Å². The molecule has 0 spiro atoms. The van der Waals surface area contributed by atoms with Crippen LogP contribution in [0.1, 0.15) is 0 Å². The second-order valence-electron chi connectivity index (χ2n) is 5.03. The summed E-state index contributed by atoms with van der Waals surface area (Å²) in [6, 6.07) is 9.24. The molecule has 114 valence electrons. The quantitative estimate of drug-likeness (QED) is 0.557. The highest BCUT2D eigenvalue weighted by Gasteiger charge is 2.16. The van der Waals surface area contributed by atoms with Crippen molar-refractivity contribution in [2.45, 2.75) is 0 Å². The van der Waals surface area contributed by atoms with Gasteiger partial charge in [0.05, 0.1) is 21.4 Å². The van der Waals surface area contributed by atoms with Crippen molar-refractivity contribution in [1.29, 1.82) is 0 Å². The molecule has 4 rings (SSSR count). The molecule has 2 heterocycles. The van der Waals surface area contributed by atoms with Crippen LogP contribution in [0.5, 0.6) is 0 Å². The maximum Gasteiger partial charge on any atom is 0.280 e. The van der Waals surface area contributed by atoms with Gasteiger partial charge in [-0.15, -0.1) is 0 Å². The monoisotopic (exact) mass is 347 g/mol. The van der Waals surface area contributed by atoms with E-state index in [9.17, 15) is 9.18 Å². The fourth-order valence-electron chi connectivity index (χ4n) is 2.61. The molecule has 0 fully saturated rings. The van der Waals surface area contributed by atoms with Crippen LogP contribution >= 0.6 is 23.2 Å². The Morgan fingerprint density at radius 3 is 2.74 bits per heavy atom. The zero-order valence-corrected chi connectivity index (χ0v) is 13.0. The summed E-state index contributed by atoms with van der Waals surface area (Å²) in [5.74, 6) is -0.507. The molecule has 0 saturated carbocycles. The van der Waals surface area contributed by atoms with Crippen LogP contribution in [0, 0.1) is 5.82 Å². The summed E-state index contributed by atoms with van der Waals surface area (Å²) in [6.07, 6.45) is 1.43. The Kier molecular flexibility index (Phi) is 3.14. The number of nitrogens with one attached hydrogen (secondary N) is 1. The first-order valence-electron chi connectivity index (χ1n) is 6.69. The molecule has 0 unspecified atom stereocenters. The minimum absolute atomic E-state index is 0.131. The maximum absolute atomic E-state index is 14.0. The lowest BCUT2D eigenvalue weighted by Crippen LogP contribution is -2.15. The molecule has 2 aromatic heterocycles. The van der Waals surface area contributed by atoms with Crippen molar-refractivity contribution >= 4 is 45.0 Å². The number of fused-ring (bicyclic) bond motifs is 3. The van der Waals surface area contributed by atoms with E-state index in [4.69, 9.17) is 23.2 Å². The van der Waals surface area contributed by atoms with Crippen LogP contribution < -0.4 is 5.56 Å². The molecule has 0 saturated heterocycles. The zero-order chi connectivity index (χ0) is 16.1. The van der Waals surface area contributed by atoms with Crippen molar-refractivity contribution in [3.05, 3.63) is 68.8 Å². The zero-order valence-electron chi connectivity index (χ0n) is 11.5. The summed E-state index contributed by atoms with van der Waals surface area (Å²) in [4.78, 5) is 16.8. The number of nitrogens with zero attached hydrogens (tertiary/aromatic N) is 2. The first kappa shape index (κ1) is 14.2. The van der Waals surface area contributed by atoms with E-state index < -0.39 is 11.4 Å². The summed E-state index contributed by atoms with van der Waals surface area (Å²) in [7, 11) is 0. The van der Waals surface area contributed by atoms with Gasteiger partial charge in [0.25, 0.3) is 5.56 Å².